The average Bonchev–Trinajstić information content (AvgIpc) is 2.29. The molecular weight excluding hydrogens is 224 g/mol. The Bertz CT molecular complexity index is 277. The second kappa shape index (κ2) is 4.55. The molecule has 1 unspecified atom stereocenters. The van der Waals surface area contributed by atoms with Gasteiger partial charge in [0.15, 0.2) is 0 Å². The predicted molar refractivity (Wildman–Crippen MR) is 65.1 cm³/mol. The quantitative estimate of drug-likeness (QED) is 0.381. The van der Waals surface area contributed by atoms with E-state index in [4.69, 9.17) is 5.73 Å². The molecule has 0 aromatic carbocycles. The number of hydrogen-bond donors (Lipinski definition) is 3. The zero-order valence-corrected chi connectivity index (χ0v) is 10.3. The number of hydrogen-bond acceptors (Lipinski definition) is 4. The second-order valence-electron chi connectivity index (χ2n) is 5.01. The van der Waals surface area contributed by atoms with Crippen molar-refractivity contribution in [2.75, 3.05) is 12.3 Å². The van der Waals surface area contributed by atoms with Gasteiger partial charge in [0.2, 0.25) is 5.91 Å². The molecule has 1 saturated carbocycles. The lowest BCUT2D eigenvalue weighted by molar-refractivity contribution is -0.171. The molecule has 5 heteroatoms. The summed E-state index contributed by atoms with van der Waals surface area (Å²) in [6, 6.07) is -0.330. The Labute approximate surface area is 102 Å². The Morgan fingerprint density at radius 2 is 2.06 bits per heavy atom. The number of nitrogens with two attached hydrogens (primary N) is 1. The van der Waals surface area contributed by atoms with Gasteiger partial charge in [-0.15, -0.1) is 0 Å². The van der Waals surface area contributed by atoms with Gasteiger partial charge in [-0.25, -0.2) is 0 Å². The molecule has 1 aliphatic carbocycles. The minimum atomic E-state index is -0.984. The highest BCUT2D eigenvalue weighted by Crippen LogP contribution is 2.45. The van der Waals surface area contributed by atoms with E-state index < -0.39 is 6.23 Å². The van der Waals surface area contributed by atoms with Crippen LogP contribution in [-0.4, -0.2) is 40.5 Å². The average molecular weight is 244 g/mol. The molecule has 4 nitrogen and oxygen atoms in total. The minimum Gasteiger partial charge on any atom is -0.377 e. The summed E-state index contributed by atoms with van der Waals surface area (Å²) in [5, 5.41) is 9.39. The van der Waals surface area contributed by atoms with Gasteiger partial charge < -0.3 is 15.7 Å². The van der Waals surface area contributed by atoms with Crippen LogP contribution in [0.5, 0.6) is 0 Å². The lowest BCUT2D eigenvalue weighted by atomic mass is 9.67. The topological polar surface area (TPSA) is 66.6 Å². The van der Waals surface area contributed by atoms with Gasteiger partial charge in [-0.1, -0.05) is 19.3 Å². The van der Waals surface area contributed by atoms with Crippen molar-refractivity contribution in [3.05, 3.63) is 0 Å². The first-order chi connectivity index (χ1) is 7.60. The van der Waals surface area contributed by atoms with Crippen molar-refractivity contribution in [1.29, 1.82) is 0 Å². The van der Waals surface area contributed by atoms with Crippen molar-refractivity contribution in [3.63, 3.8) is 0 Å². The molecule has 0 aromatic heterocycles. The highest BCUT2D eigenvalue weighted by Gasteiger charge is 2.54. The van der Waals surface area contributed by atoms with Crippen LogP contribution in [0.2, 0.25) is 0 Å². The van der Waals surface area contributed by atoms with Crippen LogP contribution in [0.4, 0.5) is 0 Å². The molecule has 3 N–H and O–H groups in total. The van der Waals surface area contributed by atoms with Crippen molar-refractivity contribution in [2.24, 2.45) is 11.1 Å². The zero-order valence-electron chi connectivity index (χ0n) is 9.43. The molecule has 1 amide bonds. The van der Waals surface area contributed by atoms with Crippen LogP contribution in [0.3, 0.4) is 0 Å². The highest BCUT2D eigenvalue weighted by molar-refractivity contribution is 7.80. The number of amides is 1. The molecule has 16 heavy (non-hydrogen) atoms. The molecule has 92 valence electrons. The molecule has 1 heterocycles. The minimum absolute atomic E-state index is 0.117. The summed E-state index contributed by atoms with van der Waals surface area (Å²) in [5.41, 5.74) is 5.33. The first kappa shape index (κ1) is 12.2. The standard InChI is InChI=1S/C11H20N2O2S/c12-9(14)8(6-16)13-7-11(10(13)15)4-2-1-3-5-11/h8-9,14,16H,1-7,12H2/t8-,9?/m0/s1. The third kappa shape index (κ3) is 1.85. The van der Waals surface area contributed by atoms with E-state index in [-0.39, 0.29) is 17.4 Å². The number of thiol groups is 1. The van der Waals surface area contributed by atoms with Crippen molar-refractivity contribution >= 4 is 18.5 Å². The van der Waals surface area contributed by atoms with Gasteiger partial charge >= 0.3 is 0 Å². The van der Waals surface area contributed by atoms with Crippen molar-refractivity contribution in [1.82, 2.24) is 4.90 Å². The molecule has 0 bridgehead atoms. The maximum Gasteiger partial charge on any atom is 0.231 e. The van der Waals surface area contributed by atoms with Gasteiger partial charge in [0, 0.05) is 12.3 Å². The third-order valence-corrected chi connectivity index (χ3v) is 4.35. The summed E-state index contributed by atoms with van der Waals surface area (Å²) < 4.78 is 0. The van der Waals surface area contributed by atoms with Gasteiger partial charge in [0.25, 0.3) is 0 Å². The fourth-order valence-corrected chi connectivity index (χ4v) is 3.35. The number of β-lactam (4-membered cyclic amide) rings is 1. The molecule has 0 aromatic rings. The van der Waals surface area contributed by atoms with Crippen LogP contribution in [0.1, 0.15) is 32.1 Å². The molecule has 1 saturated heterocycles. The normalized spacial score (nSPS) is 27.7. The Kier molecular flexibility index (Phi) is 3.47. The maximum absolute atomic E-state index is 12.2. The highest BCUT2D eigenvalue weighted by atomic mass is 32.1. The molecule has 2 rings (SSSR count). The van der Waals surface area contributed by atoms with E-state index in [9.17, 15) is 9.90 Å². The summed E-state index contributed by atoms with van der Waals surface area (Å²) >= 11 is 4.14. The number of likely N-dealkylation sites (tertiary alicyclic amines) is 1. The van der Waals surface area contributed by atoms with Crippen LogP contribution in [0.25, 0.3) is 0 Å². The summed E-state index contributed by atoms with van der Waals surface area (Å²) in [5.74, 6) is 0.593. The second-order valence-corrected chi connectivity index (χ2v) is 5.38. The Morgan fingerprint density at radius 1 is 1.44 bits per heavy atom. The zero-order chi connectivity index (χ0) is 11.8. The van der Waals surface area contributed by atoms with Crippen molar-refractivity contribution in [3.8, 4) is 0 Å². The number of carbonyl (C=O) groups excluding carboxylic acids is 1. The van der Waals surface area contributed by atoms with Crippen molar-refractivity contribution in [2.45, 2.75) is 44.4 Å². The van der Waals surface area contributed by atoms with Crippen LogP contribution in [-0.2, 0) is 4.79 Å². The summed E-state index contributed by atoms with van der Waals surface area (Å²) in [6.07, 6.45) is 4.56. The molecule has 1 aliphatic heterocycles. The van der Waals surface area contributed by atoms with E-state index in [1.807, 2.05) is 0 Å². The van der Waals surface area contributed by atoms with Crippen molar-refractivity contribution < 1.29 is 9.90 Å². The molecule has 1 spiro atoms. The van der Waals surface area contributed by atoms with E-state index in [1.54, 1.807) is 4.90 Å². The Hall–Kier alpha value is -0.260. The predicted octanol–water partition coefficient (Wildman–Crippen LogP) is 0.355. The summed E-state index contributed by atoms with van der Waals surface area (Å²) in [4.78, 5) is 13.9. The summed E-state index contributed by atoms with van der Waals surface area (Å²) in [7, 11) is 0. The first-order valence-electron chi connectivity index (χ1n) is 5.96. The van der Waals surface area contributed by atoms with Gasteiger partial charge in [-0.05, 0) is 12.8 Å². The molecule has 0 radical (unpaired) electrons. The lowest BCUT2D eigenvalue weighted by Crippen LogP contribution is -2.68. The molecular formula is C11H20N2O2S. The van der Waals surface area contributed by atoms with Crippen LogP contribution >= 0.6 is 12.6 Å². The van der Waals surface area contributed by atoms with Crippen LogP contribution < -0.4 is 5.73 Å². The van der Waals surface area contributed by atoms with Crippen LogP contribution in [0.15, 0.2) is 0 Å². The van der Waals surface area contributed by atoms with E-state index in [1.165, 1.54) is 6.42 Å². The fraction of sp³-hybridized carbons (Fsp3) is 0.909. The van der Waals surface area contributed by atoms with Crippen LogP contribution in [0, 0.1) is 5.41 Å². The van der Waals surface area contributed by atoms with Gasteiger partial charge in [0.05, 0.1) is 11.5 Å². The molecule has 2 fully saturated rings. The SMILES string of the molecule is NC(O)[C@H](CS)N1CC2(CCCCC2)C1=O. The third-order valence-electron chi connectivity index (χ3n) is 3.98. The smallest absolute Gasteiger partial charge is 0.231 e. The van der Waals surface area contributed by atoms with Gasteiger partial charge in [0.1, 0.15) is 6.23 Å². The maximum atomic E-state index is 12.2. The van der Waals surface area contributed by atoms with E-state index in [0.29, 0.717) is 5.75 Å². The lowest BCUT2D eigenvalue weighted by Gasteiger charge is -2.54. The fourth-order valence-electron chi connectivity index (χ4n) is 2.94. The summed E-state index contributed by atoms with van der Waals surface area (Å²) in [6.45, 7) is 0.755. The van der Waals surface area contributed by atoms with E-state index >= 15 is 0 Å². The van der Waals surface area contributed by atoms with E-state index in [0.717, 1.165) is 32.2 Å². The number of aliphatic hydroxyl groups is 1. The molecule has 2 aliphatic rings. The van der Waals surface area contributed by atoms with Gasteiger partial charge in [-0.2, -0.15) is 12.6 Å². The van der Waals surface area contributed by atoms with Gasteiger partial charge in [-0.3, -0.25) is 4.79 Å². The number of rotatable bonds is 3. The number of aliphatic hydroxyl groups excluding tert-OH is 1. The largest absolute Gasteiger partial charge is 0.377 e. The Balaban J connectivity index is 2.00. The number of carbonyl (C=O) groups is 1. The monoisotopic (exact) mass is 244 g/mol. The van der Waals surface area contributed by atoms with E-state index in [2.05, 4.69) is 12.6 Å². The molecule has 2 atom stereocenters. The number of nitrogens with zero attached hydrogens (tertiary/aromatic N) is 1. The Morgan fingerprint density at radius 3 is 2.50 bits per heavy atom. The first-order valence-corrected chi connectivity index (χ1v) is 6.59.